The first kappa shape index (κ1) is 21.9. The molecular weight excluding hydrogens is 362 g/mol. The quantitative estimate of drug-likeness (QED) is 0.738. The van der Waals surface area contributed by atoms with Crippen molar-refractivity contribution >= 4 is 28.3 Å². The first-order valence-corrected chi connectivity index (χ1v) is 10.00. The van der Waals surface area contributed by atoms with E-state index in [-0.39, 0.29) is 42.6 Å². The van der Waals surface area contributed by atoms with E-state index in [0.29, 0.717) is 19.5 Å². The maximum atomic E-state index is 12.6. The lowest BCUT2D eigenvalue weighted by atomic mass is 9.99. The molecule has 0 radical (unpaired) electrons. The summed E-state index contributed by atoms with van der Waals surface area (Å²) in [5, 5.41) is 5.96. The predicted molar refractivity (Wildman–Crippen MR) is 102 cm³/mol. The Morgan fingerprint density at radius 2 is 2.00 bits per heavy atom. The zero-order valence-electron chi connectivity index (χ0n) is 14.8. The summed E-state index contributed by atoms with van der Waals surface area (Å²) in [7, 11) is -1.56. The lowest BCUT2D eigenvalue weighted by Gasteiger charge is -2.31. The topological polar surface area (TPSA) is 78.5 Å². The Hall–Kier alpha value is -1.15. The van der Waals surface area contributed by atoms with Gasteiger partial charge in [-0.3, -0.25) is 4.79 Å². The van der Waals surface area contributed by atoms with Crippen LogP contribution in [0.4, 0.5) is 0 Å². The lowest BCUT2D eigenvalue weighted by Crippen LogP contribution is -2.47. The molecule has 2 unspecified atom stereocenters. The molecule has 8 heteroatoms. The highest BCUT2D eigenvalue weighted by atomic mass is 35.5. The number of carbonyl (C=O) groups is 1. The molecule has 1 amide bonds. The smallest absolute Gasteiger partial charge is 0.224 e. The fourth-order valence-corrected chi connectivity index (χ4v) is 4.40. The molecule has 0 spiro atoms. The zero-order valence-corrected chi connectivity index (χ0v) is 16.4. The predicted octanol–water partition coefficient (Wildman–Crippen LogP) is 1.37. The van der Waals surface area contributed by atoms with Gasteiger partial charge in [0, 0.05) is 25.7 Å². The van der Waals surface area contributed by atoms with Crippen LogP contribution in [-0.2, 0) is 20.6 Å². The standard InChI is InChI=1S/C17H27N3O3S.ClH/c1-14(18-2)11-19-17(21)16-9-6-10-20(12-16)24(22,23)13-15-7-4-3-5-8-15;/h3-5,7-8,14,16,18H,6,9-13H2,1-2H3,(H,19,21);1H. The van der Waals surface area contributed by atoms with Crippen LogP contribution in [0, 0.1) is 5.92 Å². The zero-order chi connectivity index (χ0) is 17.6. The molecule has 6 nitrogen and oxygen atoms in total. The molecule has 1 aliphatic rings. The summed E-state index contributed by atoms with van der Waals surface area (Å²) in [5.41, 5.74) is 0.770. The van der Waals surface area contributed by atoms with Gasteiger partial charge in [0.15, 0.2) is 0 Å². The molecule has 1 saturated heterocycles. The molecule has 0 aliphatic carbocycles. The molecule has 1 fully saturated rings. The normalized spacial score (nSPS) is 19.7. The van der Waals surface area contributed by atoms with Crippen molar-refractivity contribution in [2.45, 2.75) is 31.6 Å². The number of nitrogens with one attached hydrogen (secondary N) is 2. The molecule has 0 bridgehead atoms. The Labute approximate surface area is 156 Å². The average molecular weight is 390 g/mol. The number of sulfonamides is 1. The van der Waals surface area contributed by atoms with Gasteiger partial charge in [-0.05, 0) is 32.4 Å². The van der Waals surface area contributed by atoms with Gasteiger partial charge in [-0.1, -0.05) is 30.3 Å². The van der Waals surface area contributed by atoms with E-state index in [9.17, 15) is 13.2 Å². The van der Waals surface area contributed by atoms with Crippen molar-refractivity contribution < 1.29 is 13.2 Å². The van der Waals surface area contributed by atoms with Crippen molar-refractivity contribution in [3.63, 3.8) is 0 Å². The maximum absolute atomic E-state index is 12.6. The third-order valence-corrected chi connectivity index (χ3v) is 6.23. The summed E-state index contributed by atoms with van der Waals surface area (Å²) in [6.45, 7) is 3.29. The molecule has 0 aromatic heterocycles. The van der Waals surface area contributed by atoms with Crippen molar-refractivity contribution in [1.29, 1.82) is 0 Å². The SMILES string of the molecule is CNC(C)CNC(=O)C1CCCN(S(=O)(=O)Cc2ccccc2)C1.Cl. The van der Waals surface area contributed by atoms with Gasteiger partial charge in [0.2, 0.25) is 15.9 Å². The molecule has 2 N–H and O–H groups in total. The van der Waals surface area contributed by atoms with Gasteiger partial charge < -0.3 is 10.6 Å². The Bertz CT molecular complexity index is 640. The second-order valence-corrected chi connectivity index (χ2v) is 8.34. The van der Waals surface area contributed by atoms with Crippen LogP contribution in [0.3, 0.4) is 0 Å². The number of halogens is 1. The minimum absolute atomic E-state index is 0. The van der Waals surface area contributed by atoms with E-state index in [4.69, 9.17) is 0 Å². The molecule has 1 heterocycles. The van der Waals surface area contributed by atoms with E-state index in [1.54, 1.807) is 0 Å². The van der Waals surface area contributed by atoms with Crippen LogP contribution in [0.5, 0.6) is 0 Å². The summed E-state index contributed by atoms with van der Waals surface area (Å²) in [5.74, 6) is -0.344. The molecular formula is C17H28ClN3O3S. The number of amides is 1. The number of nitrogens with zero attached hydrogens (tertiary/aromatic N) is 1. The Kier molecular flexibility index (Phi) is 8.85. The highest BCUT2D eigenvalue weighted by Crippen LogP contribution is 2.21. The monoisotopic (exact) mass is 389 g/mol. The largest absolute Gasteiger partial charge is 0.354 e. The van der Waals surface area contributed by atoms with E-state index >= 15 is 0 Å². The molecule has 1 aromatic carbocycles. The number of carbonyl (C=O) groups excluding carboxylic acids is 1. The highest BCUT2D eigenvalue weighted by Gasteiger charge is 2.32. The number of likely N-dealkylation sites (N-methyl/N-ethyl adjacent to an activating group) is 1. The van der Waals surface area contributed by atoms with Gasteiger partial charge >= 0.3 is 0 Å². The van der Waals surface area contributed by atoms with Crippen molar-refractivity contribution in [2.75, 3.05) is 26.7 Å². The summed E-state index contributed by atoms with van der Waals surface area (Å²) < 4.78 is 26.7. The van der Waals surface area contributed by atoms with E-state index in [0.717, 1.165) is 12.0 Å². The van der Waals surface area contributed by atoms with Crippen LogP contribution in [-0.4, -0.2) is 51.4 Å². The second-order valence-electron chi connectivity index (χ2n) is 6.37. The number of benzene rings is 1. The summed E-state index contributed by atoms with van der Waals surface area (Å²) in [6, 6.07) is 9.34. The van der Waals surface area contributed by atoms with E-state index in [2.05, 4.69) is 10.6 Å². The molecule has 1 aliphatic heterocycles. The Morgan fingerprint density at radius 3 is 2.64 bits per heavy atom. The molecule has 142 valence electrons. The van der Waals surface area contributed by atoms with Crippen molar-refractivity contribution in [3.05, 3.63) is 35.9 Å². The summed E-state index contributed by atoms with van der Waals surface area (Å²) in [4.78, 5) is 12.3. The number of hydrogen-bond donors (Lipinski definition) is 2. The van der Waals surface area contributed by atoms with Gasteiger partial charge in [-0.25, -0.2) is 12.7 Å². The van der Waals surface area contributed by atoms with Crippen molar-refractivity contribution in [2.24, 2.45) is 5.92 Å². The number of piperidine rings is 1. The van der Waals surface area contributed by atoms with Gasteiger partial charge in [0.05, 0.1) is 11.7 Å². The van der Waals surface area contributed by atoms with Crippen LogP contribution in [0.1, 0.15) is 25.3 Å². The second kappa shape index (κ2) is 10.1. The van der Waals surface area contributed by atoms with Crippen molar-refractivity contribution in [1.82, 2.24) is 14.9 Å². The van der Waals surface area contributed by atoms with Crippen LogP contribution < -0.4 is 10.6 Å². The third kappa shape index (κ3) is 6.58. The lowest BCUT2D eigenvalue weighted by molar-refractivity contribution is -0.126. The molecule has 25 heavy (non-hydrogen) atoms. The van der Waals surface area contributed by atoms with Crippen LogP contribution >= 0.6 is 12.4 Å². The molecule has 2 rings (SSSR count). The van der Waals surface area contributed by atoms with Gasteiger partial charge in [-0.15, -0.1) is 12.4 Å². The summed E-state index contributed by atoms with van der Waals surface area (Å²) in [6.07, 6.45) is 1.45. The Morgan fingerprint density at radius 1 is 1.32 bits per heavy atom. The average Bonchev–Trinajstić information content (AvgIpc) is 2.60. The minimum atomic E-state index is -3.40. The van der Waals surface area contributed by atoms with Gasteiger partial charge in [0.25, 0.3) is 0 Å². The van der Waals surface area contributed by atoms with E-state index in [1.807, 2.05) is 44.3 Å². The van der Waals surface area contributed by atoms with Gasteiger partial charge in [0.1, 0.15) is 0 Å². The van der Waals surface area contributed by atoms with Gasteiger partial charge in [-0.2, -0.15) is 0 Å². The van der Waals surface area contributed by atoms with Crippen LogP contribution in [0.2, 0.25) is 0 Å². The third-order valence-electron chi connectivity index (χ3n) is 4.42. The van der Waals surface area contributed by atoms with E-state index in [1.165, 1.54) is 4.31 Å². The van der Waals surface area contributed by atoms with Crippen molar-refractivity contribution in [3.8, 4) is 0 Å². The van der Waals surface area contributed by atoms with Crippen LogP contribution in [0.25, 0.3) is 0 Å². The first-order valence-electron chi connectivity index (χ1n) is 8.39. The molecule has 0 saturated carbocycles. The minimum Gasteiger partial charge on any atom is -0.354 e. The van der Waals surface area contributed by atoms with Crippen LogP contribution in [0.15, 0.2) is 30.3 Å². The highest BCUT2D eigenvalue weighted by molar-refractivity contribution is 7.88. The fraction of sp³-hybridized carbons (Fsp3) is 0.588. The number of rotatable bonds is 7. The fourth-order valence-electron chi connectivity index (χ4n) is 2.79. The van der Waals surface area contributed by atoms with E-state index < -0.39 is 10.0 Å². The summed E-state index contributed by atoms with van der Waals surface area (Å²) >= 11 is 0. The Balaban J connectivity index is 0.00000312. The number of hydrogen-bond acceptors (Lipinski definition) is 4. The first-order chi connectivity index (χ1) is 11.4. The maximum Gasteiger partial charge on any atom is 0.224 e. The molecule has 1 aromatic rings. The molecule has 2 atom stereocenters.